The number of rotatable bonds is 30. The average Bonchev–Trinajstić information content (AvgIpc) is 1.60. The Morgan fingerprint density at radius 1 is 0.369 bits per heavy atom. The van der Waals surface area contributed by atoms with Crippen LogP contribution in [0, 0.1) is 101 Å². The predicted molar refractivity (Wildman–Crippen MR) is 470 cm³/mol. The van der Waals surface area contributed by atoms with Gasteiger partial charge in [0.25, 0.3) is 5.91 Å². The Bertz CT molecular complexity index is 3300. The third-order valence-corrected chi connectivity index (χ3v) is 26.4. The van der Waals surface area contributed by atoms with E-state index < -0.39 is 36.1 Å². The van der Waals surface area contributed by atoms with Gasteiger partial charge in [-0.3, -0.25) is 57.5 Å². The molecule has 27 heteroatoms. The number of allylic oxidation sites excluding steroid dienone is 1. The number of halogens is 2. The number of hydrogen-bond acceptors (Lipinski definition) is 19. The van der Waals surface area contributed by atoms with Gasteiger partial charge in [0.05, 0.1) is 130 Å². The summed E-state index contributed by atoms with van der Waals surface area (Å²) in [4.78, 5) is 157. The van der Waals surface area contributed by atoms with Crippen LogP contribution in [0.2, 0.25) is 0 Å². The standard InChI is InChI=1S/C17H29NO3.C17H31NO3.C16H29NO4.2C15H26FNO3.C15H25NO3/c1-10(2)14(9-15(19)21-5)17(20)18-13-7-6-12(8-13)16(18)11(3)4;1-11(2)13(10-15(19)21-7)16(20)18-14(12(3)4)8-9-17(18,5)6;1-10(2)13(8-15(18)21-6)16(19)17-9-12(20-5)7-14(17)11(3)4;2*1-9(2)12(7-14(18)20-5)15(19)17-8-11(16)6-13(17)10(3)4;1-10(2)12(9-14(17)19-5)15(18)16-8-6-7-13(16)11(3)4/h10-14,16H,6-9H2,1-5H3;11-14H,8-10H2,1-7H3;10-14H,7-9H2,1-6H3;2*9-13H,6-8H2,1-5H3;11,13H,6-9H2,1-5H3/t12?,13?,14-,16+;13-,14-;12-,13+,14+;11-,12+,13+;11-,12-,13-;13-/m001100/s1. The van der Waals surface area contributed by atoms with Gasteiger partial charge in [0.1, 0.15) is 12.3 Å². The number of hydrogen-bond donors (Lipinski definition) is 0. The molecular weight excluding hydrogens is 1570 g/mol. The highest BCUT2D eigenvalue weighted by molar-refractivity contribution is 5.98. The van der Waals surface area contributed by atoms with E-state index in [1.165, 1.54) is 49.1 Å². The number of esters is 6. The van der Waals surface area contributed by atoms with Gasteiger partial charge in [0.15, 0.2) is 0 Å². The Kier molecular flexibility index (Phi) is 47.7. The fourth-order valence-electron chi connectivity index (χ4n) is 18.7. The number of carbonyl (C=O) groups is 12. The smallest absolute Gasteiger partial charge is 0.310 e. The maximum Gasteiger partial charge on any atom is 0.310 e. The van der Waals surface area contributed by atoms with Crippen LogP contribution in [0.4, 0.5) is 8.78 Å². The summed E-state index contributed by atoms with van der Waals surface area (Å²) < 4.78 is 61.0. The largest absolute Gasteiger partial charge is 0.469 e. The molecule has 7 aliphatic rings. The number of carbonyl (C=O) groups excluding carboxylic acids is 12. The molecule has 0 N–H and O–H groups in total. The van der Waals surface area contributed by atoms with Crippen molar-refractivity contribution in [2.24, 2.45) is 101 Å². The molecule has 16 atom stereocenters. The zero-order valence-corrected chi connectivity index (χ0v) is 81.4. The minimum atomic E-state index is -0.961. The molecule has 122 heavy (non-hydrogen) atoms. The normalized spacial score (nSPS) is 23.9. The zero-order valence-electron chi connectivity index (χ0n) is 81.4. The molecule has 6 aliphatic heterocycles. The second kappa shape index (κ2) is 52.3. The fourth-order valence-corrected chi connectivity index (χ4v) is 18.7. The Morgan fingerprint density at radius 3 is 1.02 bits per heavy atom. The van der Waals surface area contributed by atoms with Gasteiger partial charge in [-0.15, -0.1) is 0 Å². The topological polar surface area (TPSA) is 289 Å². The second-order valence-corrected chi connectivity index (χ2v) is 39.6. The lowest BCUT2D eigenvalue weighted by molar-refractivity contribution is -0.151. The first kappa shape index (κ1) is 111. The number of nitrogens with zero attached hydrogens (tertiary/aromatic N) is 6. The van der Waals surface area contributed by atoms with Crippen molar-refractivity contribution in [2.45, 2.75) is 349 Å². The van der Waals surface area contributed by atoms with Gasteiger partial charge in [-0.2, -0.15) is 0 Å². The number of ether oxygens (including phenoxy) is 7. The lowest BCUT2D eigenvalue weighted by Crippen LogP contribution is -2.52. The van der Waals surface area contributed by atoms with Crippen molar-refractivity contribution in [3.8, 4) is 0 Å². The molecule has 7 rings (SSSR count). The highest BCUT2D eigenvalue weighted by Crippen LogP contribution is 2.47. The number of alkyl halides is 2. The summed E-state index contributed by atoms with van der Waals surface area (Å²) in [6, 6.07) is 1.35. The van der Waals surface area contributed by atoms with Crippen LogP contribution in [-0.2, 0) is 90.7 Å². The molecule has 6 heterocycles. The first-order chi connectivity index (χ1) is 56.7. The average molecular weight is 1730 g/mol. The Labute approximate surface area is 733 Å². The minimum absolute atomic E-state index is 0.00148. The zero-order chi connectivity index (χ0) is 93.7. The summed E-state index contributed by atoms with van der Waals surface area (Å²) in [6.07, 6.45) is 8.21. The van der Waals surface area contributed by atoms with Gasteiger partial charge < -0.3 is 62.6 Å². The van der Waals surface area contributed by atoms with Gasteiger partial charge in [-0.1, -0.05) is 158 Å². The summed E-state index contributed by atoms with van der Waals surface area (Å²) >= 11 is 0. The van der Waals surface area contributed by atoms with Crippen LogP contribution in [0.15, 0.2) is 11.1 Å². The SMILES string of the molecule is COC(=O)CC(C(=O)N1CCC[C@H]1C(C)C)=C(C)C.COC(=O)C[C@H](C(=O)N1C2CCC(C2)[C@H]1C(C)C)C(C)C.COC(=O)C[C@H](C(=O)N1C[C@@H](F)C[C@H]1C(C)C)C(C)C.COC(=O)C[C@H](C(=O)N1C[C@H](F)C[C@H]1C(C)C)C(C)C.COC(=O)C[C@H](C(=O)N1C[C@H](OC)C[C@H]1C(C)C)C(C)C.COC(=O)C[C@H](C(=O)N1[C@H](C(C)C)CCC1(C)C)C(C)C. The monoisotopic (exact) mass is 1730 g/mol. The Morgan fingerprint density at radius 2 is 0.705 bits per heavy atom. The van der Waals surface area contributed by atoms with Crippen LogP contribution in [0.5, 0.6) is 0 Å². The van der Waals surface area contributed by atoms with Crippen molar-refractivity contribution >= 4 is 71.3 Å². The van der Waals surface area contributed by atoms with E-state index in [1.807, 2.05) is 125 Å². The fraction of sp³-hybridized carbons (Fsp3) is 0.853. The number of methoxy groups -OCH3 is 7. The molecule has 2 unspecified atom stereocenters. The number of amides is 6. The summed E-state index contributed by atoms with van der Waals surface area (Å²) in [6.45, 7) is 54.5. The summed E-state index contributed by atoms with van der Waals surface area (Å²) in [5.74, 6) is -0.475. The third kappa shape index (κ3) is 32.3. The maximum absolute atomic E-state index is 13.7. The Balaban J connectivity index is 0.000000496. The highest BCUT2D eigenvalue weighted by atomic mass is 19.1. The Hall–Kier alpha value is -6.80. The molecule has 0 spiro atoms. The van der Waals surface area contributed by atoms with Crippen LogP contribution in [0.25, 0.3) is 0 Å². The number of piperidine rings is 1. The molecular formula is C95H166F2N6O19. The van der Waals surface area contributed by atoms with E-state index in [0.29, 0.717) is 72.7 Å². The molecule has 0 radical (unpaired) electrons. The van der Waals surface area contributed by atoms with Gasteiger partial charge in [-0.05, 0) is 150 Å². The van der Waals surface area contributed by atoms with Crippen LogP contribution >= 0.6 is 0 Å². The van der Waals surface area contributed by atoms with Crippen LogP contribution < -0.4 is 0 Å². The molecule has 1 aliphatic carbocycles. The molecule has 6 saturated heterocycles. The molecule has 704 valence electrons. The second-order valence-electron chi connectivity index (χ2n) is 39.6. The lowest BCUT2D eigenvalue weighted by atomic mass is 9.86. The van der Waals surface area contributed by atoms with E-state index in [2.05, 4.69) is 88.3 Å². The van der Waals surface area contributed by atoms with Crippen molar-refractivity contribution in [1.29, 1.82) is 0 Å². The van der Waals surface area contributed by atoms with E-state index >= 15 is 0 Å². The molecule has 25 nitrogen and oxygen atoms in total. The van der Waals surface area contributed by atoms with E-state index in [1.54, 1.807) is 16.9 Å². The quantitative estimate of drug-likeness (QED) is 0.0367. The van der Waals surface area contributed by atoms with E-state index in [4.69, 9.17) is 18.9 Å². The minimum Gasteiger partial charge on any atom is -0.469 e. The van der Waals surface area contributed by atoms with E-state index in [9.17, 15) is 66.3 Å². The van der Waals surface area contributed by atoms with Crippen LogP contribution in [-0.4, -0.2) is 243 Å². The summed E-state index contributed by atoms with van der Waals surface area (Å²) in [7, 11) is 9.79. The van der Waals surface area contributed by atoms with Gasteiger partial charge >= 0.3 is 35.8 Å². The molecule has 6 amide bonds. The van der Waals surface area contributed by atoms with Crippen molar-refractivity contribution in [2.75, 3.05) is 75.9 Å². The van der Waals surface area contributed by atoms with Gasteiger partial charge in [0, 0.05) is 86.4 Å². The van der Waals surface area contributed by atoms with E-state index in [0.717, 1.165) is 57.1 Å². The summed E-state index contributed by atoms with van der Waals surface area (Å²) in [5.41, 5.74) is 1.35. The first-order valence-corrected chi connectivity index (χ1v) is 45.5. The third-order valence-electron chi connectivity index (χ3n) is 26.4. The van der Waals surface area contributed by atoms with Crippen LogP contribution in [0.3, 0.4) is 0 Å². The number of fused-ring (bicyclic) bond motifs is 2. The van der Waals surface area contributed by atoms with Crippen molar-refractivity contribution in [3.05, 3.63) is 11.1 Å². The molecule has 0 aromatic carbocycles. The lowest BCUT2D eigenvalue weighted by Gasteiger charge is -2.40. The van der Waals surface area contributed by atoms with Gasteiger partial charge in [-0.25, -0.2) is 8.78 Å². The molecule has 0 aromatic heterocycles. The maximum atomic E-state index is 13.7. The highest BCUT2D eigenvalue weighted by Gasteiger charge is 2.52. The van der Waals surface area contributed by atoms with Crippen LogP contribution in [0.1, 0.15) is 283 Å². The van der Waals surface area contributed by atoms with Gasteiger partial charge in [0.2, 0.25) is 29.5 Å². The number of likely N-dealkylation sites (tertiary alicyclic amines) is 6. The van der Waals surface area contributed by atoms with Crippen molar-refractivity contribution in [3.63, 3.8) is 0 Å². The predicted octanol–water partition coefficient (Wildman–Crippen LogP) is 15.6. The van der Waals surface area contributed by atoms with Crippen molar-refractivity contribution < 1.29 is 99.5 Å². The molecule has 0 aromatic rings. The summed E-state index contributed by atoms with van der Waals surface area (Å²) in [5, 5.41) is 0. The van der Waals surface area contributed by atoms with Crippen molar-refractivity contribution in [1.82, 2.24) is 29.4 Å². The molecule has 1 saturated carbocycles. The first-order valence-electron chi connectivity index (χ1n) is 45.5. The molecule has 2 bridgehead atoms. The van der Waals surface area contributed by atoms with E-state index in [-0.39, 0.29) is 206 Å². The molecule has 7 fully saturated rings.